The molecule has 0 unspecified atom stereocenters. The van der Waals surface area contributed by atoms with E-state index in [1.54, 1.807) is 36.4 Å². The van der Waals surface area contributed by atoms with Crippen LogP contribution in [0.15, 0.2) is 77.7 Å². The molecule has 3 rings (SSSR count). The first-order valence-corrected chi connectivity index (χ1v) is 9.14. The summed E-state index contributed by atoms with van der Waals surface area (Å²) in [4.78, 5) is 12.4. The molecule has 1 N–H and O–H groups in total. The van der Waals surface area contributed by atoms with E-state index in [0.717, 1.165) is 23.5 Å². The Morgan fingerprint density at radius 1 is 1.07 bits per heavy atom. The van der Waals surface area contributed by atoms with Crippen molar-refractivity contribution in [2.45, 2.75) is 20.0 Å². The van der Waals surface area contributed by atoms with Gasteiger partial charge in [0.2, 0.25) is 0 Å². The van der Waals surface area contributed by atoms with E-state index < -0.39 is 0 Å². The van der Waals surface area contributed by atoms with Gasteiger partial charge in [0.1, 0.15) is 23.9 Å². The van der Waals surface area contributed by atoms with Crippen LogP contribution in [0.4, 0.5) is 5.69 Å². The Morgan fingerprint density at radius 3 is 2.61 bits per heavy atom. The molecule has 3 aromatic rings. The van der Waals surface area contributed by atoms with Crippen LogP contribution in [0.5, 0.6) is 11.5 Å². The molecule has 0 aliphatic carbocycles. The zero-order valence-corrected chi connectivity index (χ0v) is 15.8. The third kappa shape index (κ3) is 5.04. The standard InChI is InChI=1S/C23H23NO4/c1-3-7-17-8-5-6-9-21(17)27-16-20-14-15-22(28-20)23(25)24-18-10-12-19(13-11-18)26-4-2/h3,5-6,8-15H,1,4,7,16H2,2H3,(H,24,25). The molecule has 28 heavy (non-hydrogen) atoms. The number of allylic oxidation sites excluding steroid dienone is 1. The molecule has 0 spiro atoms. The van der Waals surface area contributed by atoms with E-state index in [9.17, 15) is 4.79 Å². The molecule has 0 fully saturated rings. The third-order valence-corrected chi connectivity index (χ3v) is 4.02. The second-order valence-corrected chi connectivity index (χ2v) is 6.07. The maximum atomic E-state index is 12.4. The number of rotatable bonds is 9. The number of furan rings is 1. The number of benzene rings is 2. The molecule has 0 atom stereocenters. The van der Waals surface area contributed by atoms with Crippen LogP contribution in [0.2, 0.25) is 0 Å². The van der Waals surface area contributed by atoms with Crippen LogP contribution in [0, 0.1) is 0 Å². The van der Waals surface area contributed by atoms with E-state index >= 15 is 0 Å². The average Bonchev–Trinajstić information content (AvgIpc) is 3.18. The Kier molecular flexibility index (Phi) is 6.52. The van der Waals surface area contributed by atoms with Gasteiger partial charge in [-0.05, 0) is 61.4 Å². The number of carbonyl (C=O) groups is 1. The monoisotopic (exact) mass is 377 g/mol. The van der Waals surface area contributed by atoms with Gasteiger partial charge in [-0.25, -0.2) is 0 Å². The van der Waals surface area contributed by atoms with Gasteiger partial charge in [0.15, 0.2) is 5.76 Å². The molecule has 0 aliphatic rings. The van der Waals surface area contributed by atoms with Crippen molar-refractivity contribution in [3.63, 3.8) is 0 Å². The van der Waals surface area contributed by atoms with Crippen LogP contribution < -0.4 is 14.8 Å². The second-order valence-electron chi connectivity index (χ2n) is 6.07. The number of para-hydroxylation sites is 1. The van der Waals surface area contributed by atoms with Crippen molar-refractivity contribution in [1.82, 2.24) is 0 Å². The van der Waals surface area contributed by atoms with Gasteiger partial charge < -0.3 is 19.2 Å². The molecule has 2 aromatic carbocycles. The van der Waals surface area contributed by atoms with E-state index in [-0.39, 0.29) is 18.3 Å². The van der Waals surface area contributed by atoms with Gasteiger partial charge in [-0.3, -0.25) is 4.79 Å². The first-order chi connectivity index (χ1) is 13.7. The van der Waals surface area contributed by atoms with Gasteiger partial charge in [-0.1, -0.05) is 24.3 Å². The number of carbonyl (C=O) groups excluding carboxylic acids is 1. The van der Waals surface area contributed by atoms with Crippen molar-refractivity contribution in [3.05, 3.63) is 90.4 Å². The molecule has 144 valence electrons. The highest BCUT2D eigenvalue weighted by molar-refractivity contribution is 6.02. The molecule has 0 saturated heterocycles. The maximum Gasteiger partial charge on any atom is 0.291 e. The molecule has 0 radical (unpaired) electrons. The Balaban J connectivity index is 1.59. The summed E-state index contributed by atoms with van der Waals surface area (Å²) in [6.45, 7) is 6.52. The lowest BCUT2D eigenvalue weighted by molar-refractivity contribution is 0.0992. The highest BCUT2D eigenvalue weighted by Gasteiger charge is 2.12. The zero-order valence-electron chi connectivity index (χ0n) is 15.8. The highest BCUT2D eigenvalue weighted by atomic mass is 16.5. The maximum absolute atomic E-state index is 12.4. The van der Waals surface area contributed by atoms with Crippen LogP contribution in [-0.4, -0.2) is 12.5 Å². The zero-order chi connectivity index (χ0) is 19.8. The van der Waals surface area contributed by atoms with Crippen molar-refractivity contribution in [2.75, 3.05) is 11.9 Å². The lowest BCUT2D eigenvalue weighted by atomic mass is 10.1. The van der Waals surface area contributed by atoms with Crippen LogP contribution >= 0.6 is 0 Å². The van der Waals surface area contributed by atoms with Crippen LogP contribution in [0.1, 0.15) is 28.8 Å². The Bertz CT molecular complexity index is 928. The van der Waals surface area contributed by atoms with E-state index in [1.807, 2.05) is 37.3 Å². The fourth-order valence-electron chi connectivity index (χ4n) is 2.69. The number of amides is 1. The van der Waals surface area contributed by atoms with Crippen LogP contribution in [0.25, 0.3) is 0 Å². The van der Waals surface area contributed by atoms with Crippen molar-refractivity contribution in [2.24, 2.45) is 0 Å². The fourth-order valence-corrected chi connectivity index (χ4v) is 2.69. The summed E-state index contributed by atoms with van der Waals surface area (Å²) in [6.07, 6.45) is 2.56. The topological polar surface area (TPSA) is 60.7 Å². The van der Waals surface area contributed by atoms with E-state index in [2.05, 4.69) is 11.9 Å². The summed E-state index contributed by atoms with van der Waals surface area (Å²) in [5.41, 5.74) is 1.72. The summed E-state index contributed by atoms with van der Waals surface area (Å²) in [5.74, 6) is 2.02. The number of hydrogen-bond acceptors (Lipinski definition) is 4. The lowest BCUT2D eigenvalue weighted by Crippen LogP contribution is -2.10. The predicted molar refractivity (Wildman–Crippen MR) is 109 cm³/mol. The van der Waals surface area contributed by atoms with E-state index in [1.165, 1.54) is 0 Å². The van der Waals surface area contributed by atoms with E-state index in [4.69, 9.17) is 13.9 Å². The number of ether oxygens (including phenoxy) is 2. The van der Waals surface area contributed by atoms with Gasteiger partial charge in [0, 0.05) is 5.69 Å². The molecule has 1 amide bonds. The molecule has 5 nitrogen and oxygen atoms in total. The molecule has 0 bridgehead atoms. The molecule has 1 aromatic heterocycles. The number of nitrogens with one attached hydrogen (secondary N) is 1. The summed E-state index contributed by atoms with van der Waals surface area (Å²) < 4.78 is 16.8. The average molecular weight is 377 g/mol. The highest BCUT2D eigenvalue weighted by Crippen LogP contribution is 2.21. The second kappa shape index (κ2) is 9.46. The Morgan fingerprint density at radius 2 is 1.86 bits per heavy atom. The molecule has 0 saturated carbocycles. The molecule has 0 aliphatic heterocycles. The normalized spacial score (nSPS) is 10.3. The van der Waals surface area contributed by atoms with Crippen LogP contribution in [0.3, 0.4) is 0 Å². The van der Waals surface area contributed by atoms with Gasteiger partial charge >= 0.3 is 0 Å². The third-order valence-electron chi connectivity index (χ3n) is 4.02. The largest absolute Gasteiger partial charge is 0.494 e. The number of hydrogen-bond donors (Lipinski definition) is 1. The molecular weight excluding hydrogens is 354 g/mol. The first kappa shape index (κ1) is 19.3. The fraction of sp³-hybridized carbons (Fsp3) is 0.174. The van der Waals surface area contributed by atoms with Crippen molar-refractivity contribution in [3.8, 4) is 11.5 Å². The predicted octanol–water partition coefficient (Wildman–Crippen LogP) is 5.24. The summed E-state index contributed by atoms with van der Waals surface area (Å²) in [7, 11) is 0. The van der Waals surface area contributed by atoms with Gasteiger partial charge in [-0.15, -0.1) is 6.58 Å². The summed E-state index contributed by atoms with van der Waals surface area (Å²) >= 11 is 0. The summed E-state index contributed by atoms with van der Waals surface area (Å²) in [5, 5.41) is 2.80. The molecular formula is C23H23NO4. The van der Waals surface area contributed by atoms with Gasteiger partial charge in [0.05, 0.1) is 6.61 Å². The minimum atomic E-state index is -0.317. The smallest absolute Gasteiger partial charge is 0.291 e. The van der Waals surface area contributed by atoms with Crippen molar-refractivity contribution >= 4 is 11.6 Å². The minimum Gasteiger partial charge on any atom is -0.494 e. The number of anilines is 1. The molecule has 1 heterocycles. The minimum absolute atomic E-state index is 0.229. The van der Waals surface area contributed by atoms with Gasteiger partial charge in [-0.2, -0.15) is 0 Å². The Hall–Kier alpha value is -3.47. The Labute approximate surface area is 164 Å². The quantitative estimate of drug-likeness (QED) is 0.518. The van der Waals surface area contributed by atoms with Crippen LogP contribution in [-0.2, 0) is 13.0 Å². The SMILES string of the molecule is C=CCc1ccccc1OCc1ccc(C(=O)Nc2ccc(OCC)cc2)o1. The first-order valence-electron chi connectivity index (χ1n) is 9.14. The van der Waals surface area contributed by atoms with Crippen molar-refractivity contribution in [1.29, 1.82) is 0 Å². The van der Waals surface area contributed by atoms with Gasteiger partial charge in [0.25, 0.3) is 5.91 Å². The summed E-state index contributed by atoms with van der Waals surface area (Å²) in [6, 6.07) is 18.3. The molecule has 5 heteroatoms. The van der Waals surface area contributed by atoms with Crippen molar-refractivity contribution < 1.29 is 18.7 Å². The lowest BCUT2D eigenvalue weighted by Gasteiger charge is -2.09. The van der Waals surface area contributed by atoms with E-state index in [0.29, 0.717) is 18.1 Å².